The van der Waals surface area contributed by atoms with E-state index in [0.717, 1.165) is 27.7 Å². The van der Waals surface area contributed by atoms with Crippen LogP contribution in [0.1, 0.15) is 58.2 Å². The van der Waals surface area contributed by atoms with E-state index < -0.39 is 0 Å². The normalized spacial score (nSPS) is 12.7. The lowest BCUT2D eigenvalue weighted by Gasteiger charge is -2.28. The second-order valence-electron chi connectivity index (χ2n) is 8.78. The number of para-hydroxylation sites is 1. The summed E-state index contributed by atoms with van der Waals surface area (Å²) >= 11 is 0. The van der Waals surface area contributed by atoms with E-state index in [1.54, 1.807) is 0 Å². The molecule has 0 spiro atoms. The van der Waals surface area contributed by atoms with Gasteiger partial charge in [0.05, 0.1) is 12.1 Å². The number of aromatic hydroxyl groups is 1. The number of rotatable bonds is 2. The van der Waals surface area contributed by atoms with Crippen LogP contribution in [0.3, 0.4) is 0 Å². The van der Waals surface area contributed by atoms with Gasteiger partial charge in [-0.25, -0.2) is 4.68 Å². The number of hydrogen-bond donors (Lipinski definition) is 1. The van der Waals surface area contributed by atoms with Gasteiger partial charge in [0.15, 0.2) is 0 Å². The first-order valence-electron chi connectivity index (χ1n) is 8.72. The van der Waals surface area contributed by atoms with Crippen LogP contribution in [0.2, 0.25) is 0 Å². The standard InChI is InChI=1S/C21H27N3O/c1-20(2,3)15-11-14(12-16(19(15)25)21(4,5)6)13-24-18-10-8-7-9-17(18)22-23-24/h7-12,25H,13H2,1-6H3. The van der Waals surface area contributed by atoms with Gasteiger partial charge in [0.1, 0.15) is 11.3 Å². The van der Waals surface area contributed by atoms with Crippen molar-refractivity contribution in [3.05, 3.63) is 53.1 Å². The number of hydrogen-bond acceptors (Lipinski definition) is 3. The third-order valence-electron chi connectivity index (χ3n) is 4.54. The Labute approximate surface area is 149 Å². The molecule has 0 aliphatic carbocycles. The van der Waals surface area contributed by atoms with Crippen LogP contribution in [0, 0.1) is 0 Å². The number of phenolic OH excluding ortho intramolecular Hbond substituents is 1. The fourth-order valence-electron chi connectivity index (χ4n) is 3.14. The van der Waals surface area contributed by atoms with Gasteiger partial charge in [0, 0.05) is 0 Å². The maximum atomic E-state index is 10.8. The largest absolute Gasteiger partial charge is 0.507 e. The van der Waals surface area contributed by atoms with E-state index in [4.69, 9.17) is 0 Å². The molecule has 3 rings (SSSR count). The maximum Gasteiger partial charge on any atom is 0.123 e. The van der Waals surface area contributed by atoms with Crippen molar-refractivity contribution >= 4 is 11.0 Å². The Morgan fingerprint density at radius 3 is 2.04 bits per heavy atom. The summed E-state index contributed by atoms with van der Waals surface area (Å²) in [6.07, 6.45) is 0. The van der Waals surface area contributed by atoms with Gasteiger partial charge in [-0.05, 0) is 51.8 Å². The molecule has 132 valence electrons. The van der Waals surface area contributed by atoms with Crippen LogP contribution < -0.4 is 0 Å². The smallest absolute Gasteiger partial charge is 0.123 e. The number of fused-ring (bicyclic) bond motifs is 1. The van der Waals surface area contributed by atoms with Crippen LogP contribution in [0.15, 0.2) is 36.4 Å². The van der Waals surface area contributed by atoms with Gasteiger partial charge < -0.3 is 5.11 Å². The summed E-state index contributed by atoms with van der Waals surface area (Å²) in [6.45, 7) is 13.4. The lowest BCUT2D eigenvalue weighted by atomic mass is 9.78. The molecule has 25 heavy (non-hydrogen) atoms. The molecule has 1 aromatic heterocycles. The van der Waals surface area contributed by atoms with Gasteiger partial charge in [0.2, 0.25) is 0 Å². The Balaban J connectivity index is 2.13. The van der Waals surface area contributed by atoms with E-state index in [2.05, 4.69) is 64.0 Å². The summed E-state index contributed by atoms with van der Waals surface area (Å²) in [5, 5.41) is 19.4. The molecular formula is C21H27N3O. The summed E-state index contributed by atoms with van der Waals surface area (Å²) in [5.74, 6) is 0.409. The average Bonchev–Trinajstić information content (AvgIpc) is 2.90. The van der Waals surface area contributed by atoms with Crippen LogP contribution in [-0.4, -0.2) is 20.1 Å². The first kappa shape index (κ1) is 17.5. The highest BCUT2D eigenvalue weighted by atomic mass is 16.3. The molecule has 0 radical (unpaired) electrons. The van der Waals surface area contributed by atoms with Crippen LogP contribution >= 0.6 is 0 Å². The predicted molar refractivity (Wildman–Crippen MR) is 102 cm³/mol. The fourth-order valence-corrected chi connectivity index (χ4v) is 3.14. The minimum Gasteiger partial charge on any atom is -0.507 e. The number of aromatic nitrogens is 3. The van der Waals surface area contributed by atoms with Crippen LogP contribution in [-0.2, 0) is 17.4 Å². The number of phenols is 1. The number of nitrogens with zero attached hydrogens (tertiary/aromatic N) is 3. The van der Waals surface area contributed by atoms with Crippen LogP contribution in [0.25, 0.3) is 11.0 Å². The third-order valence-corrected chi connectivity index (χ3v) is 4.54. The summed E-state index contributed by atoms with van der Waals surface area (Å²) < 4.78 is 1.92. The Hall–Kier alpha value is -2.36. The highest BCUT2D eigenvalue weighted by Gasteiger charge is 2.26. The predicted octanol–water partition coefficient (Wildman–Crippen LogP) is 4.78. The molecular weight excluding hydrogens is 310 g/mol. The SMILES string of the molecule is CC(C)(C)c1cc(Cn2nnc3ccccc32)cc(C(C)(C)C)c1O. The van der Waals surface area contributed by atoms with Gasteiger partial charge in [0.25, 0.3) is 0 Å². The second-order valence-corrected chi connectivity index (χ2v) is 8.78. The van der Waals surface area contributed by atoms with E-state index in [0.29, 0.717) is 12.3 Å². The summed E-state index contributed by atoms with van der Waals surface area (Å²) in [7, 11) is 0. The van der Waals surface area contributed by atoms with E-state index in [1.165, 1.54) is 0 Å². The molecule has 0 amide bonds. The van der Waals surface area contributed by atoms with Crippen molar-refractivity contribution < 1.29 is 5.11 Å². The fraction of sp³-hybridized carbons (Fsp3) is 0.429. The Kier molecular flexibility index (Phi) is 4.10. The van der Waals surface area contributed by atoms with Gasteiger partial charge in [-0.15, -0.1) is 5.10 Å². The Morgan fingerprint density at radius 1 is 0.920 bits per heavy atom. The molecule has 0 unspecified atom stereocenters. The summed E-state index contributed by atoms with van der Waals surface area (Å²) in [5.41, 5.74) is 4.72. The summed E-state index contributed by atoms with van der Waals surface area (Å²) in [6, 6.07) is 12.2. The van der Waals surface area contributed by atoms with E-state index in [9.17, 15) is 5.11 Å². The number of benzene rings is 2. The Morgan fingerprint density at radius 2 is 1.48 bits per heavy atom. The molecule has 0 saturated carbocycles. The zero-order chi connectivity index (χ0) is 18.4. The molecule has 0 bridgehead atoms. The van der Waals surface area contributed by atoms with Crippen molar-refractivity contribution in [2.75, 3.05) is 0 Å². The Bertz CT molecular complexity index is 876. The molecule has 4 nitrogen and oxygen atoms in total. The topological polar surface area (TPSA) is 50.9 Å². The molecule has 0 atom stereocenters. The third kappa shape index (κ3) is 3.39. The van der Waals surface area contributed by atoms with Crippen LogP contribution in [0.4, 0.5) is 0 Å². The highest BCUT2D eigenvalue weighted by molar-refractivity contribution is 5.73. The zero-order valence-electron chi connectivity index (χ0n) is 16.0. The van der Waals surface area contributed by atoms with Crippen molar-refractivity contribution in [3.63, 3.8) is 0 Å². The highest BCUT2D eigenvalue weighted by Crippen LogP contribution is 2.39. The van der Waals surface area contributed by atoms with Crippen molar-refractivity contribution in [1.82, 2.24) is 15.0 Å². The average molecular weight is 337 g/mol. The van der Waals surface area contributed by atoms with Gasteiger partial charge in [-0.1, -0.05) is 58.9 Å². The summed E-state index contributed by atoms with van der Waals surface area (Å²) in [4.78, 5) is 0. The van der Waals surface area contributed by atoms with Crippen LogP contribution in [0.5, 0.6) is 5.75 Å². The van der Waals surface area contributed by atoms with E-state index in [1.807, 2.05) is 28.9 Å². The minimum absolute atomic E-state index is 0.134. The van der Waals surface area contributed by atoms with E-state index >= 15 is 0 Å². The molecule has 2 aromatic carbocycles. The molecule has 0 fully saturated rings. The van der Waals surface area contributed by atoms with Gasteiger partial charge in [-0.3, -0.25) is 0 Å². The van der Waals surface area contributed by atoms with Crippen molar-refractivity contribution in [2.24, 2.45) is 0 Å². The van der Waals surface area contributed by atoms with Crippen molar-refractivity contribution in [2.45, 2.75) is 58.9 Å². The van der Waals surface area contributed by atoms with Gasteiger partial charge in [-0.2, -0.15) is 0 Å². The zero-order valence-corrected chi connectivity index (χ0v) is 16.0. The first-order valence-corrected chi connectivity index (χ1v) is 8.72. The molecule has 1 heterocycles. The van der Waals surface area contributed by atoms with E-state index in [-0.39, 0.29) is 10.8 Å². The quantitative estimate of drug-likeness (QED) is 0.732. The molecule has 0 aliphatic heterocycles. The lowest BCUT2D eigenvalue weighted by Crippen LogP contribution is -2.18. The first-order chi connectivity index (χ1) is 11.6. The monoisotopic (exact) mass is 337 g/mol. The maximum absolute atomic E-state index is 10.8. The second kappa shape index (κ2) is 5.87. The minimum atomic E-state index is -0.134. The van der Waals surface area contributed by atoms with Crippen molar-refractivity contribution in [3.8, 4) is 5.75 Å². The molecule has 3 aromatic rings. The lowest BCUT2D eigenvalue weighted by molar-refractivity contribution is 0.422. The molecule has 0 aliphatic rings. The molecule has 0 saturated heterocycles. The van der Waals surface area contributed by atoms with Crippen molar-refractivity contribution in [1.29, 1.82) is 0 Å². The van der Waals surface area contributed by atoms with Gasteiger partial charge >= 0.3 is 0 Å². The molecule has 4 heteroatoms. The molecule has 1 N–H and O–H groups in total.